The molecule has 0 unspecified atom stereocenters. The second-order valence-electron chi connectivity index (χ2n) is 4.23. The van der Waals surface area contributed by atoms with Crippen molar-refractivity contribution >= 4 is 15.6 Å². The normalized spacial score (nSPS) is 47.0. The third-order valence-corrected chi connectivity index (χ3v) is 5.43. The Morgan fingerprint density at radius 1 is 1.21 bits per heavy atom. The van der Waals surface area contributed by atoms with Gasteiger partial charge >= 0.3 is 0 Å². The minimum absolute atomic E-state index is 0.0123. The van der Waals surface area contributed by atoms with Crippen LogP contribution in [-0.4, -0.2) is 19.5 Å². The van der Waals surface area contributed by atoms with E-state index in [9.17, 15) is 13.2 Å². The van der Waals surface area contributed by atoms with Gasteiger partial charge in [0.1, 0.15) is 0 Å². The summed E-state index contributed by atoms with van der Waals surface area (Å²) >= 11 is 0. The van der Waals surface area contributed by atoms with Crippen molar-refractivity contribution in [3.8, 4) is 0 Å². The highest BCUT2D eigenvalue weighted by atomic mass is 32.2. The van der Waals surface area contributed by atoms with Crippen molar-refractivity contribution in [2.45, 2.75) is 11.7 Å². The van der Waals surface area contributed by atoms with Gasteiger partial charge in [-0.1, -0.05) is 12.2 Å². The summed E-state index contributed by atoms with van der Waals surface area (Å²) in [6.07, 6.45) is 6.02. The van der Waals surface area contributed by atoms with Crippen molar-refractivity contribution in [2.24, 2.45) is 17.8 Å². The van der Waals surface area contributed by atoms with Crippen LogP contribution >= 0.6 is 0 Å². The molecule has 0 aromatic carbocycles. The summed E-state index contributed by atoms with van der Waals surface area (Å²) in [7, 11) is -3.18. The van der Waals surface area contributed by atoms with Gasteiger partial charge in [0.25, 0.3) is 0 Å². The largest absolute Gasteiger partial charge is 0.294 e. The van der Waals surface area contributed by atoms with Gasteiger partial charge in [-0.25, -0.2) is 8.42 Å². The average Bonchev–Trinajstić information content (AvgIpc) is 2.71. The summed E-state index contributed by atoms with van der Waals surface area (Å²) in [5.41, 5.74) is 0. The second-order valence-corrected chi connectivity index (χ2v) is 6.23. The smallest absolute Gasteiger partial charge is 0.175 e. The van der Waals surface area contributed by atoms with E-state index in [0.29, 0.717) is 0 Å². The van der Waals surface area contributed by atoms with Gasteiger partial charge in [0, 0.05) is 11.3 Å². The van der Waals surface area contributed by atoms with E-state index in [-0.39, 0.29) is 23.5 Å². The summed E-state index contributed by atoms with van der Waals surface area (Å²) in [4.78, 5) is 11.6. The lowest BCUT2D eigenvalue weighted by Crippen LogP contribution is -2.39. The van der Waals surface area contributed by atoms with Gasteiger partial charge in [0.05, 0.1) is 5.25 Å². The van der Waals surface area contributed by atoms with Gasteiger partial charge in [0.15, 0.2) is 15.6 Å². The monoisotopic (exact) mass is 210 g/mol. The van der Waals surface area contributed by atoms with E-state index >= 15 is 0 Å². The second kappa shape index (κ2) is 2.37. The molecule has 14 heavy (non-hydrogen) atoms. The Morgan fingerprint density at radius 3 is 2.64 bits per heavy atom. The molecule has 4 atom stereocenters. The van der Waals surface area contributed by atoms with E-state index in [1.165, 1.54) is 6.08 Å². The van der Waals surface area contributed by atoms with E-state index in [2.05, 4.69) is 0 Å². The van der Waals surface area contributed by atoms with Crippen molar-refractivity contribution in [2.75, 3.05) is 0 Å². The lowest BCUT2D eigenvalue weighted by Gasteiger charge is -2.27. The highest BCUT2D eigenvalue weighted by Gasteiger charge is 2.54. The first-order valence-electron chi connectivity index (χ1n) is 4.74. The zero-order valence-electron chi connectivity index (χ0n) is 7.46. The fourth-order valence-corrected chi connectivity index (χ4v) is 4.90. The van der Waals surface area contributed by atoms with Crippen LogP contribution in [0.15, 0.2) is 23.6 Å². The number of carbonyl (C=O) groups is 1. The van der Waals surface area contributed by atoms with Crippen LogP contribution in [-0.2, 0) is 14.6 Å². The van der Waals surface area contributed by atoms with Crippen molar-refractivity contribution < 1.29 is 13.2 Å². The molecule has 3 rings (SSSR count). The maximum atomic E-state index is 11.7. The van der Waals surface area contributed by atoms with Gasteiger partial charge in [-0.05, 0) is 24.3 Å². The van der Waals surface area contributed by atoms with Crippen LogP contribution in [0.25, 0.3) is 0 Å². The van der Waals surface area contributed by atoms with Crippen molar-refractivity contribution in [3.05, 3.63) is 23.6 Å². The van der Waals surface area contributed by atoms with Crippen LogP contribution in [0.4, 0.5) is 0 Å². The predicted octanol–water partition coefficient (Wildman–Crippen LogP) is 0.688. The molecule has 2 bridgehead atoms. The van der Waals surface area contributed by atoms with Gasteiger partial charge in [-0.3, -0.25) is 4.79 Å². The Labute approximate surface area is 82.4 Å². The number of rotatable bonds is 0. The molecule has 74 valence electrons. The Kier molecular flexibility index (Phi) is 1.42. The maximum Gasteiger partial charge on any atom is 0.175 e. The van der Waals surface area contributed by atoms with E-state index < -0.39 is 15.1 Å². The molecular weight excluding hydrogens is 200 g/mol. The number of carbonyl (C=O) groups excluding carboxylic acids is 1. The molecule has 0 aromatic heterocycles. The molecule has 2 aliphatic carbocycles. The number of ketones is 1. The fourth-order valence-electron chi connectivity index (χ4n) is 2.96. The molecule has 0 spiro atoms. The van der Waals surface area contributed by atoms with Crippen LogP contribution in [0, 0.1) is 17.8 Å². The van der Waals surface area contributed by atoms with Gasteiger partial charge < -0.3 is 0 Å². The SMILES string of the molecule is O=C1C=CS(=O)(=O)[C@H]2[C@H]1[C@@H]1C=C[C@H]2C1. The molecule has 1 saturated carbocycles. The van der Waals surface area contributed by atoms with E-state index in [0.717, 1.165) is 11.8 Å². The Bertz CT molecular complexity index is 458. The third-order valence-electron chi connectivity index (χ3n) is 3.52. The molecule has 1 aliphatic heterocycles. The minimum atomic E-state index is -3.18. The van der Waals surface area contributed by atoms with Gasteiger partial charge in [-0.2, -0.15) is 0 Å². The molecule has 0 N–H and O–H groups in total. The molecule has 3 aliphatic rings. The zero-order chi connectivity index (χ0) is 9.92. The Hall–Kier alpha value is -0.900. The zero-order valence-corrected chi connectivity index (χ0v) is 8.28. The standard InChI is InChI=1S/C10H10O3S/c11-8-3-4-14(12,13)10-7-2-1-6(5-7)9(8)10/h1-4,6-7,9-10H,5H2/t6-,7+,9+,10-/m1/s1. The molecule has 0 amide bonds. The summed E-state index contributed by atoms with van der Waals surface area (Å²) in [6.45, 7) is 0. The number of hydrogen-bond donors (Lipinski definition) is 0. The summed E-state index contributed by atoms with van der Waals surface area (Å²) in [5, 5.41) is 0.625. The molecule has 0 saturated heterocycles. The number of hydrogen-bond acceptors (Lipinski definition) is 3. The summed E-state index contributed by atoms with van der Waals surface area (Å²) in [5.74, 6) is -0.0669. The Morgan fingerprint density at radius 2 is 1.93 bits per heavy atom. The summed E-state index contributed by atoms with van der Waals surface area (Å²) in [6, 6.07) is 0. The Balaban J connectivity index is 2.19. The lowest BCUT2D eigenvalue weighted by atomic mass is 9.89. The third kappa shape index (κ3) is 0.869. The topological polar surface area (TPSA) is 51.2 Å². The van der Waals surface area contributed by atoms with Crippen LogP contribution < -0.4 is 0 Å². The maximum absolute atomic E-state index is 11.7. The van der Waals surface area contributed by atoms with Crippen LogP contribution in [0.5, 0.6) is 0 Å². The molecular formula is C10H10O3S. The lowest BCUT2D eigenvalue weighted by molar-refractivity contribution is -0.118. The van der Waals surface area contributed by atoms with Gasteiger partial charge in [-0.15, -0.1) is 0 Å². The van der Waals surface area contributed by atoms with Crippen LogP contribution in [0.3, 0.4) is 0 Å². The molecule has 3 nitrogen and oxygen atoms in total. The molecule has 0 radical (unpaired) electrons. The molecule has 0 aromatic rings. The highest BCUT2D eigenvalue weighted by Crippen LogP contribution is 2.49. The predicted molar refractivity (Wildman–Crippen MR) is 51.1 cm³/mol. The first kappa shape index (κ1) is 8.41. The molecule has 1 fully saturated rings. The number of allylic oxidation sites excluding steroid dienone is 3. The highest BCUT2D eigenvalue weighted by molar-refractivity contribution is 7.95. The summed E-state index contributed by atoms with van der Waals surface area (Å²) < 4.78 is 23.5. The van der Waals surface area contributed by atoms with Crippen LogP contribution in [0.2, 0.25) is 0 Å². The minimum Gasteiger partial charge on any atom is -0.294 e. The van der Waals surface area contributed by atoms with E-state index in [1.54, 1.807) is 0 Å². The van der Waals surface area contributed by atoms with Crippen molar-refractivity contribution in [1.82, 2.24) is 0 Å². The van der Waals surface area contributed by atoms with E-state index in [1.807, 2.05) is 12.2 Å². The quantitative estimate of drug-likeness (QED) is 0.553. The average molecular weight is 210 g/mol. The van der Waals surface area contributed by atoms with Crippen LogP contribution in [0.1, 0.15) is 6.42 Å². The van der Waals surface area contributed by atoms with Gasteiger partial charge in [0.2, 0.25) is 0 Å². The molecule has 4 heteroatoms. The van der Waals surface area contributed by atoms with Crippen molar-refractivity contribution in [1.29, 1.82) is 0 Å². The number of sulfone groups is 1. The van der Waals surface area contributed by atoms with Crippen molar-refractivity contribution in [3.63, 3.8) is 0 Å². The first-order valence-corrected chi connectivity index (χ1v) is 6.35. The fraction of sp³-hybridized carbons (Fsp3) is 0.500. The first-order chi connectivity index (χ1) is 6.59. The van der Waals surface area contributed by atoms with E-state index in [4.69, 9.17) is 0 Å². The number of fused-ring (bicyclic) bond motifs is 5. The molecule has 1 heterocycles.